The van der Waals surface area contributed by atoms with Crippen molar-refractivity contribution in [1.82, 2.24) is 9.62 Å². The Morgan fingerprint density at radius 2 is 1.96 bits per heavy atom. The van der Waals surface area contributed by atoms with Crippen LogP contribution in [0.3, 0.4) is 0 Å². The van der Waals surface area contributed by atoms with E-state index in [0.717, 1.165) is 19.5 Å². The van der Waals surface area contributed by atoms with E-state index in [4.69, 9.17) is 11.6 Å². The number of nitrogens with one attached hydrogen (secondary N) is 1. The molecule has 0 radical (unpaired) electrons. The topological polar surface area (TPSA) is 66.5 Å². The van der Waals surface area contributed by atoms with Crippen LogP contribution in [0.5, 0.6) is 0 Å². The molecule has 1 N–H and O–H groups in total. The first-order valence-electron chi connectivity index (χ1n) is 7.81. The monoisotopic (exact) mass is 358 g/mol. The summed E-state index contributed by atoms with van der Waals surface area (Å²) in [7, 11) is -3.64. The summed E-state index contributed by atoms with van der Waals surface area (Å²) < 4.78 is 26.8. The van der Waals surface area contributed by atoms with E-state index in [1.807, 2.05) is 4.90 Å². The SMILES string of the molecule is CC1CC(C)CN(C(=O)CCNS(=O)(=O)c2cccc(Cl)c2)C1. The van der Waals surface area contributed by atoms with E-state index in [1.165, 1.54) is 12.1 Å². The van der Waals surface area contributed by atoms with Gasteiger partial charge in [0.25, 0.3) is 0 Å². The second-order valence-electron chi connectivity index (χ2n) is 6.35. The third kappa shape index (κ3) is 5.19. The van der Waals surface area contributed by atoms with Gasteiger partial charge in [0.15, 0.2) is 0 Å². The predicted molar refractivity (Wildman–Crippen MR) is 90.8 cm³/mol. The Bertz CT molecular complexity index is 653. The van der Waals surface area contributed by atoms with Crippen LogP contribution in [0.25, 0.3) is 0 Å². The van der Waals surface area contributed by atoms with Crippen molar-refractivity contribution in [3.63, 3.8) is 0 Å². The molecule has 0 aromatic heterocycles. The van der Waals surface area contributed by atoms with Crippen molar-refractivity contribution in [2.45, 2.75) is 31.6 Å². The van der Waals surface area contributed by atoms with Gasteiger partial charge >= 0.3 is 0 Å². The van der Waals surface area contributed by atoms with E-state index < -0.39 is 10.0 Å². The lowest BCUT2D eigenvalue weighted by molar-refractivity contribution is -0.133. The highest BCUT2D eigenvalue weighted by Crippen LogP contribution is 2.21. The number of benzene rings is 1. The zero-order valence-electron chi connectivity index (χ0n) is 13.5. The molecule has 0 spiro atoms. The molecule has 0 saturated carbocycles. The number of hydrogen-bond donors (Lipinski definition) is 1. The van der Waals surface area contributed by atoms with Crippen LogP contribution in [0.15, 0.2) is 29.2 Å². The number of nitrogens with zero attached hydrogens (tertiary/aromatic N) is 1. The Morgan fingerprint density at radius 3 is 2.57 bits per heavy atom. The Morgan fingerprint density at radius 1 is 1.30 bits per heavy atom. The molecule has 2 atom stereocenters. The van der Waals surface area contributed by atoms with Crippen molar-refractivity contribution < 1.29 is 13.2 Å². The molecule has 1 saturated heterocycles. The number of likely N-dealkylation sites (tertiary alicyclic amines) is 1. The Hall–Kier alpha value is -1.11. The number of amides is 1. The molecule has 1 aromatic carbocycles. The van der Waals surface area contributed by atoms with Gasteiger partial charge in [0.2, 0.25) is 15.9 Å². The summed E-state index contributed by atoms with van der Waals surface area (Å²) in [5.41, 5.74) is 0. The van der Waals surface area contributed by atoms with Crippen molar-refractivity contribution in [2.24, 2.45) is 11.8 Å². The Kier molecular flexibility index (Phi) is 6.06. The van der Waals surface area contributed by atoms with Crippen LogP contribution in [0.1, 0.15) is 26.7 Å². The normalized spacial score (nSPS) is 22.1. The molecule has 5 nitrogen and oxygen atoms in total. The highest BCUT2D eigenvalue weighted by Gasteiger charge is 2.25. The van der Waals surface area contributed by atoms with Gasteiger partial charge in [0, 0.05) is 31.1 Å². The molecule has 0 aliphatic carbocycles. The smallest absolute Gasteiger partial charge is 0.240 e. The first kappa shape index (κ1) is 18.2. The molecule has 1 fully saturated rings. The Balaban J connectivity index is 1.88. The van der Waals surface area contributed by atoms with Gasteiger partial charge in [-0.3, -0.25) is 4.79 Å². The number of carbonyl (C=O) groups is 1. The summed E-state index contributed by atoms with van der Waals surface area (Å²) in [6.07, 6.45) is 1.30. The van der Waals surface area contributed by atoms with Crippen LogP contribution in [0, 0.1) is 11.8 Å². The minimum Gasteiger partial charge on any atom is -0.342 e. The molecule has 1 aliphatic rings. The molecule has 2 rings (SSSR count). The molecule has 0 bridgehead atoms. The second kappa shape index (κ2) is 7.64. The van der Waals surface area contributed by atoms with Crippen molar-refractivity contribution >= 4 is 27.5 Å². The number of piperidine rings is 1. The van der Waals surface area contributed by atoms with E-state index in [1.54, 1.807) is 12.1 Å². The molecule has 128 valence electrons. The van der Waals surface area contributed by atoms with Gasteiger partial charge in [0.05, 0.1) is 4.90 Å². The van der Waals surface area contributed by atoms with Crippen LogP contribution in [-0.4, -0.2) is 38.9 Å². The first-order valence-corrected chi connectivity index (χ1v) is 9.67. The number of sulfonamides is 1. The van der Waals surface area contributed by atoms with Crippen molar-refractivity contribution in [3.05, 3.63) is 29.3 Å². The van der Waals surface area contributed by atoms with E-state index in [9.17, 15) is 13.2 Å². The lowest BCUT2D eigenvalue weighted by Gasteiger charge is -2.35. The van der Waals surface area contributed by atoms with Gasteiger partial charge < -0.3 is 4.90 Å². The van der Waals surface area contributed by atoms with Gasteiger partial charge in [-0.05, 0) is 36.5 Å². The van der Waals surface area contributed by atoms with Crippen LogP contribution < -0.4 is 4.72 Å². The molecule has 1 aromatic rings. The van der Waals surface area contributed by atoms with Crippen LogP contribution in [-0.2, 0) is 14.8 Å². The number of halogens is 1. The fourth-order valence-electron chi connectivity index (χ4n) is 3.03. The molecule has 7 heteroatoms. The molecular formula is C16H23ClN2O3S. The van der Waals surface area contributed by atoms with Crippen molar-refractivity contribution in [3.8, 4) is 0 Å². The average molecular weight is 359 g/mol. The summed E-state index contributed by atoms with van der Waals surface area (Å²) >= 11 is 5.81. The fourth-order valence-corrected chi connectivity index (χ4v) is 4.37. The van der Waals surface area contributed by atoms with Gasteiger partial charge in [-0.25, -0.2) is 13.1 Å². The second-order valence-corrected chi connectivity index (χ2v) is 8.55. The van der Waals surface area contributed by atoms with Gasteiger partial charge in [0.1, 0.15) is 0 Å². The quantitative estimate of drug-likeness (QED) is 0.879. The molecule has 1 aliphatic heterocycles. The van der Waals surface area contributed by atoms with E-state index >= 15 is 0 Å². The highest BCUT2D eigenvalue weighted by molar-refractivity contribution is 7.89. The van der Waals surface area contributed by atoms with E-state index in [2.05, 4.69) is 18.6 Å². The average Bonchev–Trinajstić information content (AvgIpc) is 2.46. The minimum absolute atomic E-state index is 0.00260. The molecular weight excluding hydrogens is 336 g/mol. The lowest BCUT2D eigenvalue weighted by Crippen LogP contribution is -2.43. The Labute approximate surface area is 143 Å². The molecule has 23 heavy (non-hydrogen) atoms. The van der Waals surface area contributed by atoms with Crippen molar-refractivity contribution in [1.29, 1.82) is 0 Å². The summed E-state index contributed by atoms with van der Waals surface area (Å²) in [6, 6.07) is 6.06. The fraction of sp³-hybridized carbons (Fsp3) is 0.562. The van der Waals surface area contributed by atoms with Crippen LogP contribution in [0.4, 0.5) is 0 Å². The van der Waals surface area contributed by atoms with E-state index in [0.29, 0.717) is 16.9 Å². The standard InChI is InChI=1S/C16H23ClN2O3S/c1-12-8-13(2)11-19(10-12)16(20)6-7-18-23(21,22)15-5-3-4-14(17)9-15/h3-5,9,12-13,18H,6-8,10-11H2,1-2H3. The van der Waals surface area contributed by atoms with Crippen LogP contribution >= 0.6 is 11.6 Å². The maximum Gasteiger partial charge on any atom is 0.240 e. The number of hydrogen-bond acceptors (Lipinski definition) is 3. The summed E-state index contributed by atoms with van der Waals surface area (Å²) in [6.45, 7) is 5.87. The van der Waals surface area contributed by atoms with Gasteiger partial charge in [-0.2, -0.15) is 0 Å². The largest absolute Gasteiger partial charge is 0.342 e. The third-order valence-electron chi connectivity index (χ3n) is 3.96. The number of rotatable bonds is 5. The highest BCUT2D eigenvalue weighted by atomic mass is 35.5. The third-order valence-corrected chi connectivity index (χ3v) is 5.65. The first-order chi connectivity index (χ1) is 10.8. The number of carbonyl (C=O) groups excluding carboxylic acids is 1. The predicted octanol–water partition coefficient (Wildman–Crippen LogP) is 2.51. The maximum atomic E-state index is 12.2. The van der Waals surface area contributed by atoms with E-state index in [-0.39, 0.29) is 23.8 Å². The maximum absolute atomic E-state index is 12.2. The zero-order valence-corrected chi connectivity index (χ0v) is 15.0. The summed E-state index contributed by atoms with van der Waals surface area (Å²) in [5, 5.41) is 0.361. The molecule has 2 unspecified atom stereocenters. The summed E-state index contributed by atoms with van der Waals surface area (Å²) in [5.74, 6) is 0.980. The minimum atomic E-state index is -3.64. The zero-order chi connectivity index (χ0) is 17.0. The van der Waals surface area contributed by atoms with Gasteiger partial charge in [-0.1, -0.05) is 31.5 Å². The van der Waals surface area contributed by atoms with Crippen LogP contribution in [0.2, 0.25) is 5.02 Å². The summed E-state index contributed by atoms with van der Waals surface area (Å²) in [4.78, 5) is 14.2. The van der Waals surface area contributed by atoms with Gasteiger partial charge in [-0.15, -0.1) is 0 Å². The molecule has 1 heterocycles. The lowest BCUT2D eigenvalue weighted by atomic mass is 9.92. The molecule has 1 amide bonds. The van der Waals surface area contributed by atoms with Crippen molar-refractivity contribution in [2.75, 3.05) is 19.6 Å².